The lowest BCUT2D eigenvalue weighted by Crippen LogP contribution is -2.27. The Kier molecular flexibility index (Phi) is 4.14. The van der Waals surface area contributed by atoms with Crippen molar-refractivity contribution >= 4 is 11.8 Å². The number of carbonyl (C=O) groups excluding carboxylic acids is 1. The predicted molar refractivity (Wildman–Crippen MR) is 82.4 cm³/mol. The van der Waals surface area contributed by atoms with E-state index in [0.29, 0.717) is 5.69 Å². The summed E-state index contributed by atoms with van der Waals surface area (Å²) in [5.41, 5.74) is 6.83. The molecule has 0 unspecified atom stereocenters. The van der Waals surface area contributed by atoms with Crippen molar-refractivity contribution in [2.24, 2.45) is 5.73 Å². The minimum atomic E-state index is -0.550. The van der Waals surface area contributed by atoms with Crippen LogP contribution < -0.4 is 11.1 Å². The van der Waals surface area contributed by atoms with Crippen LogP contribution in [0.5, 0.6) is 5.75 Å². The third-order valence-electron chi connectivity index (χ3n) is 3.52. The van der Waals surface area contributed by atoms with Crippen LogP contribution in [0.1, 0.15) is 45.6 Å². The monoisotopic (exact) mass is 292 g/mol. The van der Waals surface area contributed by atoms with Crippen LogP contribution in [0.15, 0.2) is 18.2 Å². The zero-order valence-electron chi connectivity index (χ0n) is 12.9. The highest BCUT2D eigenvalue weighted by Crippen LogP contribution is 2.37. The average molecular weight is 292 g/mol. The second kappa shape index (κ2) is 5.56. The fraction of sp³-hybridized carbons (Fsp3) is 0.562. The summed E-state index contributed by atoms with van der Waals surface area (Å²) in [6.07, 6.45) is 3.21. The van der Waals surface area contributed by atoms with Gasteiger partial charge in [-0.05, 0) is 58.1 Å². The van der Waals surface area contributed by atoms with Gasteiger partial charge < -0.3 is 15.6 Å². The number of rotatable bonds is 4. The van der Waals surface area contributed by atoms with Crippen molar-refractivity contribution < 1.29 is 14.6 Å². The molecule has 1 fully saturated rings. The maximum atomic E-state index is 11.7. The maximum absolute atomic E-state index is 11.7. The standard InChI is InChI=1S/C16H24N2O3/c1-15(2,3)21-14(20)18-12-5-4-11(13(19)10-12)6-7-16(17)8-9-16/h4-5,10,19H,6-9,17H2,1-3H3,(H,18,20). The minimum absolute atomic E-state index is 0.0279. The molecule has 116 valence electrons. The number of hydrogen-bond acceptors (Lipinski definition) is 4. The van der Waals surface area contributed by atoms with Gasteiger partial charge in [0.15, 0.2) is 0 Å². The van der Waals surface area contributed by atoms with Crippen LogP contribution in [-0.2, 0) is 11.2 Å². The molecule has 1 saturated carbocycles. The quantitative estimate of drug-likeness (QED) is 0.795. The van der Waals surface area contributed by atoms with Crippen LogP contribution in [0.4, 0.5) is 10.5 Å². The van der Waals surface area contributed by atoms with Gasteiger partial charge in [0.05, 0.1) is 0 Å². The van der Waals surface area contributed by atoms with E-state index in [9.17, 15) is 9.90 Å². The Hall–Kier alpha value is -1.75. The number of hydrogen-bond donors (Lipinski definition) is 3. The minimum Gasteiger partial charge on any atom is -0.508 e. The lowest BCUT2D eigenvalue weighted by molar-refractivity contribution is 0.0636. The Morgan fingerprint density at radius 1 is 1.43 bits per heavy atom. The molecule has 0 radical (unpaired) electrons. The van der Waals surface area contributed by atoms with Gasteiger partial charge in [0.25, 0.3) is 0 Å². The zero-order chi connectivity index (χ0) is 15.7. The van der Waals surface area contributed by atoms with Crippen LogP contribution >= 0.6 is 0 Å². The van der Waals surface area contributed by atoms with Gasteiger partial charge in [-0.1, -0.05) is 6.07 Å². The van der Waals surface area contributed by atoms with E-state index in [1.54, 1.807) is 26.8 Å². The third-order valence-corrected chi connectivity index (χ3v) is 3.52. The van der Waals surface area contributed by atoms with Gasteiger partial charge in [-0.25, -0.2) is 4.79 Å². The smallest absolute Gasteiger partial charge is 0.412 e. The fourth-order valence-corrected chi connectivity index (χ4v) is 2.07. The van der Waals surface area contributed by atoms with Gasteiger partial charge in [0.1, 0.15) is 11.4 Å². The molecule has 0 aromatic heterocycles. The molecular weight excluding hydrogens is 268 g/mol. The largest absolute Gasteiger partial charge is 0.508 e. The number of nitrogens with one attached hydrogen (secondary N) is 1. The summed E-state index contributed by atoms with van der Waals surface area (Å²) in [6, 6.07) is 5.11. The first-order chi connectivity index (χ1) is 9.67. The molecule has 0 heterocycles. The first-order valence-corrected chi connectivity index (χ1v) is 7.28. The molecule has 4 N–H and O–H groups in total. The Labute approximate surface area is 125 Å². The molecule has 0 aliphatic heterocycles. The molecule has 5 nitrogen and oxygen atoms in total. The first-order valence-electron chi connectivity index (χ1n) is 7.28. The molecule has 1 amide bonds. The lowest BCUT2D eigenvalue weighted by atomic mass is 10.0. The Balaban J connectivity index is 1.93. The highest BCUT2D eigenvalue weighted by molar-refractivity contribution is 5.85. The van der Waals surface area contributed by atoms with Gasteiger partial charge in [-0.2, -0.15) is 0 Å². The van der Waals surface area contributed by atoms with Crippen molar-refractivity contribution in [2.75, 3.05) is 5.32 Å². The van der Waals surface area contributed by atoms with E-state index in [4.69, 9.17) is 10.5 Å². The van der Waals surface area contributed by atoms with Gasteiger partial charge in [-0.3, -0.25) is 5.32 Å². The average Bonchev–Trinajstić information content (AvgIpc) is 3.04. The van der Waals surface area contributed by atoms with Crippen molar-refractivity contribution in [1.29, 1.82) is 0 Å². The Morgan fingerprint density at radius 3 is 2.62 bits per heavy atom. The van der Waals surface area contributed by atoms with E-state index in [0.717, 1.165) is 31.2 Å². The lowest BCUT2D eigenvalue weighted by Gasteiger charge is -2.19. The Bertz CT molecular complexity index is 531. The molecule has 0 saturated heterocycles. The predicted octanol–water partition coefficient (Wildman–Crippen LogP) is 3.16. The van der Waals surface area contributed by atoms with E-state index in [1.807, 2.05) is 6.07 Å². The summed E-state index contributed by atoms with van der Waals surface area (Å²) in [6.45, 7) is 5.40. The molecule has 5 heteroatoms. The number of amides is 1. The number of anilines is 1. The van der Waals surface area contributed by atoms with Crippen LogP contribution in [0.2, 0.25) is 0 Å². The summed E-state index contributed by atoms with van der Waals surface area (Å²) in [5, 5.41) is 12.6. The fourth-order valence-electron chi connectivity index (χ4n) is 2.07. The van der Waals surface area contributed by atoms with Crippen molar-refractivity contribution in [2.45, 2.75) is 57.6 Å². The molecule has 21 heavy (non-hydrogen) atoms. The molecule has 0 spiro atoms. The number of benzene rings is 1. The summed E-state index contributed by atoms with van der Waals surface area (Å²) >= 11 is 0. The second-order valence-corrected chi connectivity index (χ2v) is 6.83. The molecule has 0 atom stereocenters. The van der Waals surface area contributed by atoms with Gasteiger partial charge >= 0.3 is 6.09 Å². The Morgan fingerprint density at radius 2 is 2.10 bits per heavy atom. The van der Waals surface area contributed by atoms with Crippen LogP contribution in [0.25, 0.3) is 0 Å². The maximum Gasteiger partial charge on any atom is 0.412 e. The number of aromatic hydroxyl groups is 1. The second-order valence-electron chi connectivity index (χ2n) is 6.83. The number of ether oxygens (including phenoxy) is 1. The molecule has 2 rings (SSSR count). The van der Waals surface area contributed by atoms with E-state index < -0.39 is 11.7 Å². The number of nitrogens with two attached hydrogens (primary N) is 1. The van der Waals surface area contributed by atoms with E-state index in [1.165, 1.54) is 6.07 Å². The number of phenols is 1. The number of carbonyl (C=O) groups is 1. The van der Waals surface area contributed by atoms with Crippen molar-refractivity contribution in [3.63, 3.8) is 0 Å². The first kappa shape index (κ1) is 15.6. The number of aryl methyl sites for hydroxylation is 1. The summed E-state index contributed by atoms with van der Waals surface area (Å²) in [7, 11) is 0. The summed E-state index contributed by atoms with van der Waals surface area (Å²) in [4.78, 5) is 11.7. The van der Waals surface area contributed by atoms with Crippen molar-refractivity contribution in [3.8, 4) is 5.75 Å². The van der Waals surface area contributed by atoms with Crippen LogP contribution in [0, 0.1) is 0 Å². The molecule has 1 aliphatic rings. The van der Waals surface area contributed by atoms with E-state index in [-0.39, 0.29) is 11.3 Å². The van der Waals surface area contributed by atoms with E-state index in [2.05, 4.69) is 5.32 Å². The topological polar surface area (TPSA) is 84.6 Å². The zero-order valence-corrected chi connectivity index (χ0v) is 12.9. The third kappa shape index (κ3) is 4.93. The molecule has 0 bridgehead atoms. The van der Waals surface area contributed by atoms with Gasteiger partial charge in [0.2, 0.25) is 0 Å². The highest BCUT2D eigenvalue weighted by Gasteiger charge is 2.37. The molecule has 1 aliphatic carbocycles. The molecule has 1 aromatic rings. The highest BCUT2D eigenvalue weighted by atomic mass is 16.6. The van der Waals surface area contributed by atoms with E-state index >= 15 is 0 Å². The summed E-state index contributed by atoms with van der Waals surface area (Å²) < 4.78 is 5.16. The van der Waals surface area contributed by atoms with Crippen molar-refractivity contribution in [3.05, 3.63) is 23.8 Å². The van der Waals surface area contributed by atoms with Crippen LogP contribution in [0.3, 0.4) is 0 Å². The summed E-state index contributed by atoms with van der Waals surface area (Å²) in [5.74, 6) is 0.174. The van der Waals surface area contributed by atoms with Gasteiger partial charge in [-0.15, -0.1) is 0 Å². The molecule has 1 aromatic carbocycles. The van der Waals surface area contributed by atoms with Crippen molar-refractivity contribution in [1.82, 2.24) is 0 Å². The number of phenolic OH excluding ortho intramolecular Hbond substituents is 1. The molecular formula is C16H24N2O3. The normalized spacial score (nSPS) is 16.4. The van der Waals surface area contributed by atoms with Crippen LogP contribution in [-0.4, -0.2) is 22.3 Å². The van der Waals surface area contributed by atoms with Gasteiger partial charge in [0, 0.05) is 17.3 Å². The SMILES string of the molecule is CC(C)(C)OC(=O)Nc1ccc(CCC2(N)CC2)c(O)c1.